The summed E-state index contributed by atoms with van der Waals surface area (Å²) < 4.78 is 30.7. The lowest BCUT2D eigenvalue weighted by Crippen LogP contribution is -2.12. The fourth-order valence-corrected chi connectivity index (χ4v) is 2.19. The molecule has 0 fully saturated rings. The first-order valence-electron chi connectivity index (χ1n) is 5.17. The molecule has 7 heteroatoms. The van der Waals surface area contributed by atoms with Crippen LogP contribution >= 0.6 is 27.5 Å². The Morgan fingerprint density at radius 1 is 1.61 bits per heavy atom. The minimum atomic E-state index is -2.72. The number of ether oxygens (including phenoxy) is 1. The summed E-state index contributed by atoms with van der Waals surface area (Å²) in [6, 6.07) is 1.35. The topological polar surface area (TPSA) is 39.2 Å². The predicted molar refractivity (Wildman–Crippen MR) is 67.2 cm³/mol. The van der Waals surface area contributed by atoms with Gasteiger partial charge in [-0.3, -0.25) is 4.79 Å². The van der Waals surface area contributed by atoms with E-state index in [1.807, 2.05) is 0 Å². The van der Waals surface area contributed by atoms with Crippen LogP contribution in [0.1, 0.15) is 30.2 Å². The molecular weight excluding hydrogens is 331 g/mol. The molecule has 0 spiro atoms. The Balaban J connectivity index is 3.15. The van der Waals surface area contributed by atoms with Crippen LogP contribution in [0.25, 0.3) is 0 Å². The highest BCUT2D eigenvalue weighted by Gasteiger charge is 2.22. The normalized spacial score (nSPS) is 10.8. The van der Waals surface area contributed by atoms with E-state index in [1.54, 1.807) is 6.92 Å². The van der Waals surface area contributed by atoms with Crippen LogP contribution in [0.5, 0.6) is 0 Å². The Hall–Kier alpha value is -0.750. The second-order valence-corrected chi connectivity index (χ2v) is 4.33. The largest absolute Gasteiger partial charge is 0.466 e. The minimum absolute atomic E-state index is 0.0367. The first kappa shape index (κ1) is 15.3. The van der Waals surface area contributed by atoms with E-state index in [9.17, 15) is 13.6 Å². The number of rotatable bonds is 5. The van der Waals surface area contributed by atoms with Gasteiger partial charge in [-0.2, -0.15) is 0 Å². The van der Waals surface area contributed by atoms with Crippen LogP contribution in [-0.4, -0.2) is 17.6 Å². The summed E-state index contributed by atoms with van der Waals surface area (Å²) in [6.45, 7) is 1.83. The van der Waals surface area contributed by atoms with Crippen LogP contribution in [0.3, 0.4) is 0 Å². The highest BCUT2D eigenvalue weighted by Crippen LogP contribution is 2.29. The van der Waals surface area contributed by atoms with E-state index in [2.05, 4.69) is 20.9 Å². The zero-order valence-corrected chi connectivity index (χ0v) is 11.9. The molecule has 0 bridgehead atoms. The van der Waals surface area contributed by atoms with E-state index in [4.69, 9.17) is 16.3 Å². The van der Waals surface area contributed by atoms with E-state index < -0.39 is 12.4 Å². The monoisotopic (exact) mass is 341 g/mol. The molecule has 0 aliphatic heterocycles. The molecule has 0 aliphatic rings. The second-order valence-electron chi connectivity index (χ2n) is 3.38. The van der Waals surface area contributed by atoms with Crippen LogP contribution in [0.15, 0.2) is 6.07 Å². The lowest BCUT2D eigenvalue weighted by molar-refractivity contribution is -0.142. The highest BCUT2D eigenvalue weighted by atomic mass is 79.9. The molecule has 0 aliphatic carbocycles. The fourth-order valence-electron chi connectivity index (χ4n) is 1.49. The number of hydrogen-bond donors (Lipinski definition) is 0. The molecule has 0 atom stereocenters. The van der Waals surface area contributed by atoms with Crippen molar-refractivity contribution in [2.75, 3.05) is 6.61 Å². The van der Waals surface area contributed by atoms with Gasteiger partial charge in [0.25, 0.3) is 6.43 Å². The van der Waals surface area contributed by atoms with Gasteiger partial charge in [-0.1, -0.05) is 27.5 Å². The molecule has 0 radical (unpaired) electrons. The molecule has 0 saturated carbocycles. The molecule has 100 valence electrons. The molecule has 0 amide bonds. The lowest BCUT2D eigenvalue weighted by Gasteiger charge is -2.12. The van der Waals surface area contributed by atoms with Crippen LogP contribution < -0.4 is 0 Å². The summed E-state index contributed by atoms with van der Waals surface area (Å²) in [6.07, 6.45) is -3.03. The number of nitrogens with zero attached hydrogens (tertiary/aromatic N) is 1. The summed E-state index contributed by atoms with van der Waals surface area (Å²) in [5, 5.41) is 0.290. The molecule has 1 heterocycles. The maximum Gasteiger partial charge on any atom is 0.311 e. The van der Waals surface area contributed by atoms with Crippen molar-refractivity contribution in [1.82, 2.24) is 4.98 Å². The van der Waals surface area contributed by atoms with Crippen molar-refractivity contribution in [3.05, 3.63) is 28.0 Å². The van der Waals surface area contributed by atoms with Gasteiger partial charge >= 0.3 is 5.97 Å². The number of aromatic nitrogens is 1. The zero-order valence-electron chi connectivity index (χ0n) is 9.55. The van der Waals surface area contributed by atoms with Crippen molar-refractivity contribution in [2.24, 2.45) is 0 Å². The minimum Gasteiger partial charge on any atom is -0.466 e. The fraction of sp³-hybridized carbons (Fsp3) is 0.455. The third kappa shape index (κ3) is 3.88. The van der Waals surface area contributed by atoms with Gasteiger partial charge in [-0.15, -0.1) is 0 Å². The Bertz CT molecular complexity index is 443. The number of carbonyl (C=O) groups excluding carboxylic acids is 1. The van der Waals surface area contributed by atoms with Gasteiger partial charge in [0.1, 0.15) is 5.15 Å². The van der Waals surface area contributed by atoms with Crippen molar-refractivity contribution in [3.8, 4) is 0 Å². The average Bonchev–Trinajstić information content (AvgIpc) is 2.27. The van der Waals surface area contributed by atoms with Gasteiger partial charge < -0.3 is 4.74 Å². The summed E-state index contributed by atoms with van der Waals surface area (Å²) in [5.74, 6) is -0.602. The van der Waals surface area contributed by atoms with Crippen molar-refractivity contribution in [2.45, 2.75) is 25.1 Å². The summed E-state index contributed by atoms with van der Waals surface area (Å²) in [7, 11) is 0. The number of alkyl halides is 3. The Labute approximate surface area is 117 Å². The molecule has 1 aromatic heterocycles. The smallest absolute Gasteiger partial charge is 0.311 e. The van der Waals surface area contributed by atoms with Crippen molar-refractivity contribution >= 4 is 33.5 Å². The zero-order chi connectivity index (χ0) is 13.7. The van der Waals surface area contributed by atoms with Gasteiger partial charge in [0.05, 0.1) is 18.7 Å². The first-order valence-corrected chi connectivity index (χ1v) is 6.67. The number of pyridine rings is 1. The highest BCUT2D eigenvalue weighted by molar-refractivity contribution is 9.08. The maximum atomic E-state index is 13.0. The van der Waals surface area contributed by atoms with E-state index in [1.165, 1.54) is 6.07 Å². The molecule has 18 heavy (non-hydrogen) atoms. The van der Waals surface area contributed by atoms with Crippen LogP contribution in [0.2, 0.25) is 5.15 Å². The summed E-state index contributed by atoms with van der Waals surface area (Å²) in [4.78, 5) is 15.1. The summed E-state index contributed by atoms with van der Waals surface area (Å²) >= 11 is 8.84. The number of carbonyl (C=O) groups is 1. The average molecular weight is 343 g/mol. The van der Waals surface area contributed by atoms with Crippen molar-refractivity contribution in [1.29, 1.82) is 0 Å². The molecule has 0 saturated heterocycles. The quantitative estimate of drug-likeness (QED) is 0.465. The second kappa shape index (κ2) is 6.99. The Morgan fingerprint density at radius 2 is 2.28 bits per heavy atom. The SMILES string of the molecule is CCOC(=O)Cc1nc(Cl)cc(CBr)c1C(F)F. The van der Waals surface area contributed by atoms with Crippen molar-refractivity contribution < 1.29 is 18.3 Å². The molecule has 0 aromatic carbocycles. The van der Waals surface area contributed by atoms with Crippen LogP contribution in [0.4, 0.5) is 8.78 Å². The number of halogens is 4. The molecule has 1 rings (SSSR count). The van der Waals surface area contributed by atoms with Crippen LogP contribution in [-0.2, 0) is 21.3 Å². The molecule has 3 nitrogen and oxygen atoms in total. The van der Waals surface area contributed by atoms with Gasteiger partial charge in [0.15, 0.2) is 0 Å². The van der Waals surface area contributed by atoms with E-state index in [-0.39, 0.29) is 34.8 Å². The van der Waals surface area contributed by atoms with E-state index in [0.29, 0.717) is 5.56 Å². The van der Waals surface area contributed by atoms with E-state index >= 15 is 0 Å². The Kier molecular flexibility index (Phi) is 5.95. The maximum absolute atomic E-state index is 13.0. The standard InChI is InChI=1S/C11H11BrClF2NO2/c1-2-18-9(17)4-7-10(11(14)15)6(5-12)3-8(13)16-7/h3,11H,2,4-5H2,1H3. The van der Waals surface area contributed by atoms with Gasteiger partial charge in [-0.05, 0) is 18.6 Å². The predicted octanol–water partition coefficient (Wildman–Crippen LogP) is 3.67. The molecule has 1 aromatic rings. The van der Waals surface area contributed by atoms with Crippen molar-refractivity contribution in [3.63, 3.8) is 0 Å². The van der Waals surface area contributed by atoms with E-state index in [0.717, 1.165) is 0 Å². The third-order valence-electron chi connectivity index (χ3n) is 2.17. The lowest BCUT2D eigenvalue weighted by atomic mass is 10.1. The molecular formula is C11H11BrClF2NO2. The molecule has 0 unspecified atom stereocenters. The van der Waals surface area contributed by atoms with Gasteiger partial charge in [-0.25, -0.2) is 13.8 Å². The molecule has 0 N–H and O–H groups in total. The van der Waals surface area contributed by atoms with Gasteiger partial charge in [0, 0.05) is 10.9 Å². The number of hydrogen-bond acceptors (Lipinski definition) is 3. The number of esters is 1. The van der Waals surface area contributed by atoms with Crippen LogP contribution in [0, 0.1) is 0 Å². The Morgan fingerprint density at radius 3 is 2.78 bits per heavy atom. The summed E-state index contributed by atoms with van der Waals surface area (Å²) in [5.41, 5.74) is 0.0269. The van der Waals surface area contributed by atoms with Gasteiger partial charge in [0.2, 0.25) is 0 Å². The first-order chi connectivity index (χ1) is 8.49. The third-order valence-corrected chi connectivity index (χ3v) is 2.97.